The van der Waals surface area contributed by atoms with Crippen molar-refractivity contribution < 1.29 is 4.79 Å². The SMILES string of the molecule is CC1CCC2(CCCCN(C)C2)C1=O. The minimum absolute atomic E-state index is 0.0463. The van der Waals surface area contributed by atoms with Crippen LogP contribution >= 0.6 is 0 Å². The third kappa shape index (κ3) is 1.60. The van der Waals surface area contributed by atoms with Crippen molar-refractivity contribution in [2.45, 2.75) is 39.0 Å². The van der Waals surface area contributed by atoms with Crippen molar-refractivity contribution in [3.8, 4) is 0 Å². The second-order valence-electron chi connectivity index (χ2n) is 5.28. The minimum atomic E-state index is 0.0463. The van der Waals surface area contributed by atoms with Gasteiger partial charge in [0.25, 0.3) is 0 Å². The zero-order chi connectivity index (χ0) is 10.2. The van der Waals surface area contributed by atoms with E-state index in [9.17, 15) is 4.79 Å². The summed E-state index contributed by atoms with van der Waals surface area (Å²) in [5.41, 5.74) is 0.0463. The first-order valence-electron chi connectivity index (χ1n) is 5.87. The Bertz CT molecular complexity index is 238. The van der Waals surface area contributed by atoms with E-state index in [1.807, 2.05) is 0 Å². The van der Waals surface area contributed by atoms with Gasteiger partial charge in [0.1, 0.15) is 5.78 Å². The fraction of sp³-hybridized carbons (Fsp3) is 0.917. The molecule has 0 aromatic carbocycles. The largest absolute Gasteiger partial charge is 0.305 e. The number of rotatable bonds is 0. The zero-order valence-corrected chi connectivity index (χ0v) is 9.38. The molecule has 2 atom stereocenters. The van der Waals surface area contributed by atoms with Gasteiger partial charge in [-0.25, -0.2) is 0 Å². The lowest BCUT2D eigenvalue weighted by Crippen LogP contribution is -2.38. The molecule has 0 N–H and O–H groups in total. The van der Waals surface area contributed by atoms with Crippen LogP contribution in [0.5, 0.6) is 0 Å². The Hall–Kier alpha value is -0.370. The summed E-state index contributed by atoms with van der Waals surface area (Å²) in [6.07, 6.45) is 5.90. The first-order valence-corrected chi connectivity index (χ1v) is 5.87. The van der Waals surface area contributed by atoms with Crippen molar-refractivity contribution in [1.29, 1.82) is 0 Å². The van der Waals surface area contributed by atoms with Crippen LogP contribution in [0, 0.1) is 11.3 Å². The predicted molar refractivity (Wildman–Crippen MR) is 57.2 cm³/mol. The predicted octanol–water partition coefficient (Wildman–Crippen LogP) is 2.09. The highest BCUT2D eigenvalue weighted by atomic mass is 16.1. The van der Waals surface area contributed by atoms with E-state index in [0.717, 1.165) is 25.8 Å². The van der Waals surface area contributed by atoms with Crippen LogP contribution in [0.25, 0.3) is 0 Å². The second-order valence-corrected chi connectivity index (χ2v) is 5.28. The third-order valence-corrected chi connectivity index (χ3v) is 4.04. The van der Waals surface area contributed by atoms with E-state index in [1.165, 1.54) is 19.4 Å². The maximum Gasteiger partial charge on any atom is 0.143 e. The molecule has 2 unspecified atom stereocenters. The highest BCUT2D eigenvalue weighted by Gasteiger charge is 2.46. The normalized spacial score (nSPS) is 40.4. The highest BCUT2D eigenvalue weighted by molar-refractivity contribution is 5.89. The Kier molecular flexibility index (Phi) is 2.65. The molecule has 0 radical (unpaired) electrons. The Labute approximate surface area is 86.7 Å². The Morgan fingerprint density at radius 1 is 1.36 bits per heavy atom. The maximum atomic E-state index is 12.2. The molecule has 1 saturated heterocycles. The first kappa shape index (κ1) is 10.2. The van der Waals surface area contributed by atoms with Crippen LogP contribution in [0.4, 0.5) is 0 Å². The number of hydrogen-bond acceptors (Lipinski definition) is 2. The number of nitrogens with zero attached hydrogens (tertiary/aromatic N) is 1. The Morgan fingerprint density at radius 2 is 2.14 bits per heavy atom. The minimum Gasteiger partial charge on any atom is -0.305 e. The van der Waals surface area contributed by atoms with E-state index in [1.54, 1.807) is 0 Å². The molecule has 0 aromatic rings. The fourth-order valence-corrected chi connectivity index (χ4v) is 3.19. The van der Waals surface area contributed by atoms with Gasteiger partial charge in [-0.05, 0) is 39.3 Å². The fourth-order valence-electron chi connectivity index (χ4n) is 3.19. The molecule has 80 valence electrons. The zero-order valence-electron chi connectivity index (χ0n) is 9.38. The van der Waals surface area contributed by atoms with Gasteiger partial charge in [-0.15, -0.1) is 0 Å². The van der Waals surface area contributed by atoms with Crippen LogP contribution in [0.1, 0.15) is 39.0 Å². The number of carbonyl (C=O) groups is 1. The lowest BCUT2D eigenvalue weighted by Gasteiger charge is -2.29. The number of likely N-dealkylation sites (tertiary alicyclic amines) is 1. The van der Waals surface area contributed by atoms with Crippen LogP contribution in [0.3, 0.4) is 0 Å². The summed E-state index contributed by atoms with van der Waals surface area (Å²) >= 11 is 0. The monoisotopic (exact) mass is 195 g/mol. The average Bonchev–Trinajstić information content (AvgIpc) is 2.39. The van der Waals surface area contributed by atoms with Crippen LogP contribution < -0.4 is 0 Å². The molecule has 0 aromatic heterocycles. The molecule has 0 amide bonds. The quantitative estimate of drug-likeness (QED) is 0.590. The van der Waals surface area contributed by atoms with Gasteiger partial charge >= 0.3 is 0 Å². The molecule has 1 spiro atoms. The lowest BCUT2D eigenvalue weighted by molar-refractivity contribution is -0.129. The molecule has 1 aliphatic carbocycles. The van der Waals surface area contributed by atoms with Crippen molar-refractivity contribution in [3.05, 3.63) is 0 Å². The average molecular weight is 195 g/mol. The van der Waals surface area contributed by atoms with Crippen LogP contribution in [-0.2, 0) is 4.79 Å². The molecule has 14 heavy (non-hydrogen) atoms. The van der Waals surface area contributed by atoms with E-state index in [2.05, 4.69) is 18.9 Å². The van der Waals surface area contributed by atoms with E-state index < -0.39 is 0 Å². The standard InChI is InChI=1S/C12H21NO/c1-10-5-7-12(11(10)14)6-3-4-8-13(2)9-12/h10H,3-9H2,1-2H3. The van der Waals surface area contributed by atoms with Crippen molar-refractivity contribution in [2.24, 2.45) is 11.3 Å². The van der Waals surface area contributed by atoms with Crippen molar-refractivity contribution in [3.63, 3.8) is 0 Å². The third-order valence-electron chi connectivity index (χ3n) is 4.04. The highest BCUT2D eigenvalue weighted by Crippen LogP contribution is 2.43. The maximum absolute atomic E-state index is 12.2. The van der Waals surface area contributed by atoms with Crippen LogP contribution in [0.15, 0.2) is 0 Å². The van der Waals surface area contributed by atoms with E-state index >= 15 is 0 Å². The number of ketones is 1. The molecule has 2 heteroatoms. The van der Waals surface area contributed by atoms with E-state index in [0.29, 0.717) is 11.7 Å². The van der Waals surface area contributed by atoms with Gasteiger partial charge < -0.3 is 4.90 Å². The topological polar surface area (TPSA) is 20.3 Å². The van der Waals surface area contributed by atoms with E-state index in [4.69, 9.17) is 0 Å². The smallest absolute Gasteiger partial charge is 0.143 e. The molecule has 2 fully saturated rings. The van der Waals surface area contributed by atoms with Crippen LogP contribution in [0.2, 0.25) is 0 Å². The molecule has 2 nitrogen and oxygen atoms in total. The van der Waals surface area contributed by atoms with Gasteiger partial charge in [-0.2, -0.15) is 0 Å². The molecule has 2 aliphatic rings. The van der Waals surface area contributed by atoms with Gasteiger partial charge in [-0.1, -0.05) is 13.3 Å². The first-order chi connectivity index (χ1) is 6.64. The summed E-state index contributed by atoms with van der Waals surface area (Å²) in [6.45, 7) is 4.28. The molecular weight excluding hydrogens is 174 g/mol. The molecule has 0 bridgehead atoms. The molecule has 2 rings (SSSR count). The van der Waals surface area contributed by atoms with Crippen molar-refractivity contribution in [2.75, 3.05) is 20.1 Å². The molecular formula is C12H21NO. The number of hydrogen-bond donors (Lipinski definition) is 0. The second kappa shape index (κ2) is 3.65. The van der Waals surface area contributed by atoms with Gasteiger partial charge in [0.15, 0.2) is 0 Å². The Morgan fingerprint density at radius 3 is 2.79 bits per heavy atom. The van der Waals surface area contributed by atoms with E-state index in [-0.39, 0.29) is 5.41 Å². The van der Waals surface area contributed by atoms with Crippen molar-refractivity contribution in [1.82, 2.24) is 4.90 Å². The van der Waals surface area contributed by atoms with Gasteiger partial charge in [0.05, 0.1) is 0 Å². The molecule has 1 saturated carbocycles. The van der Waals surface area contributed by atoms with Crippen LogP contribution in [-0.4, -0.2) is 30.8 Å². The summed E-state index contributed by atoms with van der Waals surface area (Å²) in [5.74, 6) is 0.868. The summed E-state index contributed by atoms with van der Waals surface area (Å²) in [4.78, 5) is 14.5. The number of carbonyl (C=O) groups excluding carboxylic acids is 1. The van der Waals surface area contributed by atoms with Crippen molar-refractivity contribution >= 4 is 5.78 Å². The van der Waals surface area contributed by atoms with Gasteiger partial charge in [-0.3, -0.25) is 4.79 Å². The molecule has 1 heterocycles. The number of Topliss-reactive ketones (excluding diaryl/α,β-unsaturated/α-hetero) is 1. The lowest BCUT2D eigenvalue weighted by atomic mass is 9.80. The van der Waals surface area contributed by atoms with Gasteiger partial charge in [0, 0.05) is 17.9 Å². The molecule has 1 aliphatic heterocycles. The summed E-state index contributed by atoms with van der Waals surface area (Å²) in [7, 11) is 2.16. The summed E-state index contributed by atoms with van der Waals surface area (Å²) in [5, 5.41) is 0. The Balaban J connectivity index is 2.17. The summed E-state index contributed by atoms with van der Waals surface area (Å²) < 4.78 is 0. The summed E-state index contributed by atoms with van der Waals surface area (Å²) in [6, 6.07) is 0. The van der Waals surface area contributed by atoms with Gasteiger partial charge in [0.2, 0.25) is 0 Å².